The van der Waals surface area contributed by atoms with E-state index in [0.29, 0.717) is 16.8 Å². The van der Waals surface area contributed by atoms with Gasteiger partial charge in [-0.15, -0.1) is 0 Å². The maximum absolute atomic E-state index is 14.2. The number of nitrogens with zero attached hydrogens (tertiary/aromatic N) is 2. The van der Waals surface area contributed by atoms with Gasteiger partial charge in [-0.2, -0.15) is 12.8 Å². The predicted octanol–water partition coefficient (Wildman–Crippen LogP) is 6.85. The number of carbonyl (C=O) groups is 1. The minimum Gasteiger partial charge on any atom is -0.339 e. The molecular weight excluding hydrogens is 504 g/mol. The summed E-state index contributed by atoms with van der Waals surface area (Å²) in [5.41, 5.74) is 5.48. The molecule has 1 atom stereocenters. The number of ketones is 1. The molecule has 0 amide bonds. The molecule has 0 saturated heterocycles. The van der Waals surface area contributed by atoms with Crippen molar-refractivity contribution in [2.45, 2.75) is 24.3 Å². The Morgan fingerprint density at radius 2 is 1.46 bits per heavy atom. The average molecular weight is 531 g/mol. The number of aryl methyl sites for hydroxylation is 1. The van der Waals surface area contributed by atoms with Crippen LogP contribution >= 0.6 is 0 Å². The van der Waals surface area contributed by atoms with Crippen molar-refractivity contribution in [1.82, 2.24) is 4.90 Å². The zero-order valence-electron chi connectivity index (χ0n) is 21.4. The van der Waals surface area contributed by atoms with Gasteiger partial charge in [0.1, 0.15) is 0 Å². The van der Waals surface area contributed by atoms with E-state index in [4.69, 9.17) is 0 Å². The van der Waals surface area contributed by atoms with E-state index in [1.54, 1.807) is 48.5 Å². The van der Waals surface area contributed by atoms with Crippen molar-refractivity contribution in [2.24, 2.45) is 4.40 Å². The summed E-state index contributed by atoms with van der Waals surface area (Å²) >= 11 is 0. The van der Waals surface area contributed by atoms with E-state index in [9.17, 15) is 13.2 Å². The van der Waals surface area contributed by atoms with Crippen LogP contribution in [-0.4, -0.2) is 24.8 Å². The molecular formula is C33H26N2O3S. The van der Waals surface area contributed by atoms with E-state index in [1.165, 1.54) is 0 Å². The van der Waals surface area contributed by atoms with Gasteiger partial charge in [-0.25, -0.2) is 0 Å². The zero-order valence-corrected chi connectivity index (χ0v) is 22.2. The minimum atomic E-state index is -4.08. The van der Waals surface area contributed by atoms with Crippen LogP contribution in [0.15, 0.2) is 130 Å². The van der Waals surface area contributed by atoms with Crippen LogP contribution in [0.3, 0.4) is 0 Å². The van der Waals surface area contributed by atoms with Crippen molar-refractivity contribution in [3.8, 4) is 0 Å². The summed E-state index contributed by atoms with van der Waals surface area (Å²) in [5.74, 6) is -0.259. The molecule has 4 aromatic carbocycles. The summed E-state index contributed by atoms with van der Waals surface area (Å²) in [6, 6.07) is 33.1. The van der Waals surface area contributed by atoms with Crippen LogP contribution in [0.2, 0.25) is 0 Å². The molecule has 2 aliphatic heterocycles. The van der Waals surface area contributed by atoms with Gasteiger partial charge >= 0.3 is 0 Å². The first-order chi connectivity index (χ1) is 18.9. The molecule has 0 N–H and O–H groups in total. The van der Waals surface area contributed by atoms with Crippen molar-refractivity contribution < 1.29 is 13.2 Å². The number of Topliss-reactive ketones (excluding diaryl/α,β-unsaturated/α-hetero) is 1. The molecule has 6 rings (SSSR count). The van der Waals surface area contributed by atoms with Gasteiger partial charge in [0, 0.05) is 23.7 Å². The second kappa shape index (κ2) is 9.97. The molecule has 4 aromatic rings. The Labute approximate surface area is 228 Å². The number of fused-ring (bicyclic) bond motifs is 3. The van der Waals surface area contributed by atoms with E-state index in [1.807, 2.05) is 79.9 Å². The second-order valence-electron chi connectivity index (χ2n) is 9.69. The highest BCUT2D eigenvalue weighted by Gasteiger charge is 2.39. The summed E-state index contributed by atoms with van der Waals surface area (Å²) in [7, 11) is -4.08. The van der Waals surface area contributed by atoms with E-state index in [2.05, 4.69) is 9.30 Å². The normalized spacial score (nSPS) is 17.6. The second-order valence-corrected chi connectivity index (χ2v) is 11.3. The average Bonchev–Trinajstić information content (AvgIpc) is 2.97. The van der Waals surface area contributed by atoms with E-state index in [-0.39, 0.29) is 28.9 Å². The van der Waals surface area contributed by atoms with E-state index >= 15 is 0 Å². The first-order valence-electron chi connectivity index (χ1n) is 12.8. The SMILES string of the molecule is Cc1ccc(S(=O)(=O)N=C2CC(c3ccccc3)N3C=Cc4ccccc4C3=C2C(=O)c2ccccc2)cc1. The monoisotopic (exact) mass is 530 g/mol. The van der Waals surface area contributed by atoms with Crippen LogP contribution in [0, 0.1) is 6.92 Å². The summed E-state index contributed by atoms with van der Waals surface area (Å²) in [6.45, 7) is 1.90. The highest BCUT2D eigenvalue weighted by Crippen LogP contribution is 2.45. The van der Waals surface area contributed by atoms with Crippen molar-refractivity contribution in [3.63, 3.8) is 0 Å². The lowest BCUT2D eigenvalue weighted by Gasteiger charge is -2.41. The molecule has 192 valence electrons. The molecule has 1 unspecified atom stereocenters. The standard InChI is InChI=1S/C33H26N2O3S/c1-23-16-18-27(19-17-23)39(37,38)34-29-22-30(25-11-4-2-5-12-25)35-21-20-24-10-8-9-15-28(24)32(35)31(29)33(36)26-13-6-3-7-14-26/h2-21,30H,22H2,1H3. The lowest BCUT2D eigenvalue weighted by atomic mass is 9.82. The third kappa shape index (κ3) is 4.64. The highest BCUT2D eigenvalue weighted by molar-refractivity contribution is 7.90. The number of sulfonamides is 1. The van der Waals surface area contributed by atoms with Crippen molar-refractivity contribution in [3.05, 3.63) is 149 Å². The Morgan fingerprint density at radius 3 is 2.18 bits per heavy atom. The fourth-order valence-corrected chi connectivity index (χ4v) is 6.23. The Balaban J connectivity index is 1.64. The molecule has 0 saturated carbocycles. The Bertz CT molecular complexity index is 1750. The molecule has 6 heteroatoms. The first-order valence-corrected chi connectivity index (χ1v) is 14.2. The Hall–Kier alpha value is -4.55. The summed E-state index contributed by atoms with van der Waals surface area (Å²) in [6.07, 6.45) is 4.27. The van der Waals surface area contributed by atoms with E-state index < -0.39 is 10.0 Å². The van der Waals surface area contributed by atoms with Crippen LogP contribution in [0.5, 0.6) is 0 Å². The number of hydrogen-bond acceptors (Lipinski definition) is 4. The van der Waals surface area contributed by atoms with Gasteiger partial charge in [0.2, 0.25) is 0 Å². The van der Waals surface area contributed by atoms with Crippen molar-refractivity contribution in [2.75, 3.05) is 0 Å². The molecule has 0 spiro atoms. The lowest BCUT2D eigenvalue weighted by Crippen LogP contribution is -2.36. The number of allylic oxidation sites excluding steroid dienone is 1. The maximum atomic E-state index is 14.2. The van der Waals surface area contributed by atoms with Gasteiger partial charge < -0.3 is 4.90 Å². The molecule has 0 radical (unpaired) electrons. The molecule has 0 fully saturated rings. The smallest absolute Gasteiger partial charge is 0.282 e. The van der Waals surface area contributed by atoms with Gasteiger partial charge in [0.05, 0.1) is 27.9 Å². The van der Waals surface area contributed by atoms with Crippen LogP contribution in [-0.2, 0) is 10.0 Å². The first kappa shape index (κ1) is 24.8. The quantitative estimate of drug-likeness (QED) is 0.265. The fraction of sp³-hybridized carbons (Fsp3) is 0.0909. The van der Waals surface area contributed by atoms with Gasteiger partial charge in [0.25, 0.3) is 10.0 Å². The van der Waals surface area contributed by atoms with Gasteiger partial charge in [0.15, 0.2) is 5.78 Å². The van der Waals surface area contributed by atoms with Crippen molar-refractivity contribution >= 4 is 33.3 Å². The van der Waals surface area contributed by atoms with Crippen LogP contribution in [0.4, 0.5) is 0 Å². The summed E-state index contributed by atoms with van der Waals surface area (Å²) in [4.78, 5) is 16.4. The highest BCUT2D eigenvalue weighted by atomic mass is 32.2. The van der Waals surface area contributed by atoms with Gasteiger partial charge in [-0.3, -0.25) is 4.79 Å². The molecule has 2 heterocycles. The number of hydrogen-bond donors (Lipinski definition) is 0. The third-order valence-electron chi connectivity index (χ3n) is 7.13. The van der Waals surface area contributed by atoms with Crippen LogP contribution in [0.1, 0.15) is 45.1 Å². The van der Waals surface area contributed by atoms with Gasteiger partial charge in [-0.1, -0.05) is 103 Å². The minimum absolute atomic E-state index is 0.0970. The molecule has 0 aliphatic carbocycles. The largest absolute Gasteiger partial charge is 0.339 e. The maximum Gasteiger partial charge on any atom is 0.282 e. The zero-order chi connectivity index (χ0) is 27.0. The fourth-order valence-electron chi connectivity index (χ4n) is 5.19. The Morgan fingerprint density at radius 1 is 0.821 bits per heavy atom. The molecule has 0 bridgehead atoms. The third-order valence-corrected chi connectivity index (χ3v) is 8.46. The van der Waals surface area contributed by atoms with Crippen LogP contribution in [0.25, 0.3) is 11.8 Å². The summed E-state index contributed by atoms with van der Waals surface area (Å²) < 4.78 is 31.6. The molecule has 5 nitrogen and oxygen atoms in total. The molecule has 0 aromatic heterocycles. The summed E-state index contributed by atoms with van der Waals surface area (Å²) in [5, 5.41) is 0. The molecule has 2 aliphatic rings. The predicted molar refractivity (Wildman–Crippen MR) is 155 cm³/mol. The number of carbonyl (C=O) groups excluding carboxylic acids is 1. The molecule has 39 heavy (non-hydrogen) atoms. The van der Waals surface area contributed by atoms with Gasteiger partial charge in [-0.05, 0) is 36.3 Å². The van der Waals surface area contributed by atoms with Crippen molar-refractivity contribution in [1.29, 1.82) is 0 Å². The number of rotatable bonds is 5. The topological polar surface area (TPSA) is 66.8 Å². The van der Waals surface area contributed by atoms with E-state index in [0.717, 1.165) is 22.3 Å². The Kier molecular flexibility index (Phi) is 6.33. The lowest BCUT2D eigenvalue weighted by molar-refractivity contribution is 0.103. The number of benzene rings is 4. The van der Waals surface area contributed by atoms with Crippen LogP contribution < -0.4 is 0 Å².